The first kappa shape index (κ1) is 18.2. The molecule has 1 fully saturated rings. The van der Waals surface area contributed by atoms with E-state index in [9.17, 15) is 8.78 Å². The Morgan fingerprint density at radius 2 is 1.93 bits per heavy atom. The first-order valence-electron chi connectivity index (χ1n) is 8.88. The van der Waals surface area contributed by atoms with Crippen molar-refractivity contribution < 1.29 is 13.5 Å². The number of benzene rings is 1. The number of hydrogen-bond donors (Lipinski definition) is 2. The fraction of sp³-hybridized carbons (Fsp3) is 0.263. The molecule has 3 aromatic rings. The molecule has 2 N–H and O–H groups in total. The van der Waals surface area contributed by atoms with Gasteiger partial charge in [-0.2, -0.15) is 19.3 Å². The Labute approximate surface area is 160 Å². The molecule has 0 amide bonds. The SMILES string of the molecule is Fc1cc(Nc2nc(NC[C@@H]3CCOC3)nc(-c3ccccc3F)n2)ccn1. The van der Waals surface area contributed by atoms with Crippen LogP contribution in [0.1, 0.15) is 6.42 Å². The van der Waals surface area contributed by atoms with Crippen LogP contribution in [0.5, 0.6) is 0 Å². The van der Waals surface area contributed by atoms with Gasteiger partial charge < -0.3 is 15.4 Å². The summed E-state index contributed by atoms with van der Waals surface area (Å²) < 4.78 is 33.0. The van der Waals surface area contributed by atoms with Crippen molar-refractivity contribution in [2.45, 2.75) is 6.42 Å². The maximum Gasteiger partial charge on any atom is 0.232 e. The van der Waals surface area contributed by atoms with Crippen LogP contribution in [-0.2, 0) is 4.74 Å². The van der Waals surface area contributed by atoms with Crippen LogP contribution in [0.3, 0.4) is 0 Å². The number of anilines is 3. The van der Waals surface area contributed by atoms with Crippen molar-refractivity contribution in [3.05, 3.63) is 54.4 Å². The molecule has 1 saturated heterocycles. The molecule has 1 aromatic carbocycles. The van der Waals surface area contributed by atoms with Crippen LogP contribution in [0.25, 0.3) is 11.4 Å². The highest BCUT2D eigenvalue weighted by molar-refractivity contribution is 5.61. The second-order valence-electron chi connectivity index (χ2n) is 6.39. The molecule has 1 atom stereocenters. The van der Waals surface area contributed by atoms with Crippen LogP contribution in [0.15, 0.2) is 42.6 Å². The van der Waals surface area contributed by atoms with E-state index in [-0.39, 0.29) is 17.3 Å². The summed E-state index contributed by atoms with van der Waals surface area (Å²) in [6.07, 6.45) is 2.29. The quantitative estimate of drug-likeness (QED) is 0.630. The summed E-state index contributed by atoms with van der Waals surface area (Å²) in [5.74, 6) is -0.0615. The summed E-state index contributed by atoms with van der Waals surface area (Å²) in [6, 6.07) is 9.03. The highest BCUT2D eigenvalue weighted by Gasteiger charge is 2.17. The normalized spacial score (nSPS) is 16.1. The molecule has 144 valence electrons. The average Bonchev–Trinajstić information content (AvgIpc) is 3.20. The molecule has 7 nitrogen and oxygen atoms in total. The molecule has 0 aliphatic carbocycles. The molecule has 0 spiro atoms. The van der Waals surface area contributed by atoms with Gasteiger partial charge in [0.05, 0.1) is 12.2 Å². The molecule has 0 radical (unpaired) electrons. The van der Waals surface area contributed by atoms with E-state index in [4.69, 9.17) is 4.74 Å². The third kappa shape index (κ3) is 4.37. The first-order chi connectivity index (χ1) is 13.7. The minimum atomic E-state index is -0.632. The van der Waals surface area contributed by atoms with Gasteiger partial charge in [-0.3, -0.25) is 0 Å². The summed E-state index contributed by atoms with van der Waals surface area (Å²) in [4.78, 5) is 16.5. The van der Waals surface area contributed by atoms with E-state index >= 15 is 0 Å². The van der Waals surface area contributed by atoms with Crippen molar-refractivity contribution in [1.29, 1.82) is 0 Å². The molecule has 28 heavy (non-hydrogen) atoms. The van der Waals surface area contributed by atoms with Crippen molar-refractivity contribution >= 4 is 17.6 Å². The minimum Gasteiger partial charge on any atom is -0.381 e. The zero-order chi connectivity index (χ0) is 19.3. The van der Waals surface area contributed by atoms with Crippen molar-refractivity contribution in [2.24, 2.45) is 5.92 Å². The molecule has 0 bridgehead atoms. The molecule has 0 saturated carbocycles. The lowest BCUT2D eigenvalue weighted by atomic mass is 10.1. The number of nitrogens with zero attached hydrogens (tertiary/aromatic N) is 4. The number of pyridine rings is 1. The Hall–Kier alpha value is -3.20. The van der Waals surface area contributed by atoms with E-state index in [2.05, 4.69) is 30.6 Å². The maximum atomic E-state index is 14.2. The number of hydrogen-bond acceptors (Lipinski definition) is 7. The lowest BCUT2D eigenvalue weighted by Gasteiger charge is -2.12. The summed E-state index contributed by atoms with van der Waals surface area (Å²) in [5, 5.41) is 6.08. The second-order valence-corrected chi connectivity index (χ2v) is 6.39. The fourth-order valence-corrected chi connectivity index (χ4v) is 2.86. The van der Waals surface area contributed by atoms with Crippen molar-refractivity contribution in [2.75, 3.05) is 30.4 Å². The average molecular weight is 384 g/mol. The standard InChI is InChI=1S/C19H18F2N6O/c20-15-4-2-1-3-14(15)17-25-18(23-10-12-6-8-28-11-12)27-19(26-17)24-13-5-7-22-16(21)9-13/h1-5,7,9,12H,6,8,10-11H2,(H2,22,23,24,25,26,27)/t12-/m0/s1. The Morgan fingerprint density at radius 3 is 2.71 bits per heavy atom. The molecular formula is C19H18F2N6O. The molecule has 3 heterocycles. The summed E-state index contributed by atoms with van der Waals surface area (Å²) in [5.41, 5.74) is 0.675. The Balaban J connectivity index is 1.64. The summed E-state index contributed by atoms with van der Waals surface area (Å²) >= 11 is 0. The predicted octanol–water partition coefficient (Wildman–Crippen LogP) is 3.40. The van der Waals surface area contributed by atoms with Crippen molar-refractivity contribution in [3.8, 4) is 11.4 Å². The smallest absolute Gasteiger partial charge is 0.232 e. The van der Waals surface area contributed by atoms with Gasteiger partial charge in [-0.15, -0.1) is 0 Å². The Kier molecular flexibility index (Phi) is 5.34. The molecule has 1 aliphatic heterocycles. The highest BCUT2D eigenvalue weighted by atomic mass is 19.1. The van der Waals surface area contributed by atoms with Gasteiger partial charge in [0.1, 0.15) is 5.82 Å². The van der Waals surface area contributed by atoms with E-state index < -0.39 is 11.8 Å². The molecular weight excluding hydrogens is 366 g/mol. The Bertz CT molecular complexity index is 965. The third-order valence-corrected chi connectivity index (χ3v) is 4.31. The van der Waals surface area contributed by atoms with E-state index in [1.54, 1.807) is 24.3 Å². The fourth-order valence-electron chi connectivity index (χ4n) is 2.86. The van der Waals surface area contributed by atoms with Gasteiger partial charge in [-0.1, -0.05) is 12.1 Å². The largest absolute Gasteiger partial charge is 0.381 e. The second kappa shape index (κ2) is 8.22. The predicted molar refractivity (Wildman–Crippen MR) is 100 cm³/mol. The van der Waals surface area contributed by atoms with Crippen molar-refractivity contribution in [1.82, 2.24) is 19.9 Å². The number of aromatic nitrogens is 4. The van der Waals surface area contributed by atoms with Crippen LogP contribution in [0, 0.1) is 17.7 Å². The number of nitrogens with one attached hydrogen (secondary N) is 2. The van der Waals surface area contributed by atoms with Crippen LogP contribution in [0.2, 0.25) is 0 Å². The van der Waals surface area contributed by atoms with Crippen molar-refractivity contribution in [3.63, 3.8) is 0 Å². The van der Waals surface area contributed by atoms with Crippen LogP contribution >= 0.6 is 0 Å². The van der Waals surface area contributed by atoms with Gasteiger partial charge in [-0.25, -0.2) is 9.37 Å². The maximum absolute atomic E-state index is 14.2. The van der Waals surface area contributed by atoms with Crippen LogP contribution in [0.4, 0.5) is 26.4 Å². The van der Waals surface area contributed by atoms with E-state index in [0.717, 1.165) is 13.0 Å². The first-order valence-corrected chi connectivity index (χ1v) is 8.88. The zero-order valence-electron chi connectivity index (χ0n) is 14.9. The zero-order valence-corrected chi connectivity index (χ0v) is 14.9. The summed E-state index contributed by atoms with van der Waals surface area (Å²) in [7, 11) is 0. The van der Waals surface area contributed by atoms with E-state index in [1.807, 2.05) is 0 Å². The summed E-state index contributed by atoms with van der Waals surface area (Å²) in [6.45, 7) is 2.05. The monoisotopic (exact) mass is 384 g/mol. The van der Waals surface area contributed by atoms with Gasteiger partial charge in [0.15, 0.2) is 5.82 Å². The van der Waals surface area contributed by atoms with Crippen LogP contribution in [-0.4, -0.2) is 39.7 Å². The van der Waals surface area contributed by atoms with Gasteiger partial charge in [0.2, 0.25) is 17.8 Å². The lowest BCUT2D eigenvalue weighted by Crippen LogP contribution is -2.17. The number of ether oxygens (including phenoxy) is 1. The van der Waals surface area contributed by atoms with Gasteiger partial charge in [0, 0.05) is 37.0 Å². The highest BCUT2D eigenvalue weighted by Crippen LogP contribution is 2.23. The van der Waals surface area contributed by atoms with E-state index in [0.29, 0.717) is 30.7 Å². The molecule has 1 aliphatic rings. The Morgan fingerprint density at radius 1 is 1.07 bits per heavy atom. The number of rotatable bonds is 6. The van der Waals surface area contributed by atoms with Gasteiger partial charge in [0.25, 0.3) is 0 Å². The molecule has 4 rings (SSSR count). The molecule has 2 aromatic heterocycles. The van der Waals surface area contributed by atoms with Crippen LogP contribution < -0.4 is 10.6 Å². The number of halogens is 2. The lowest BCUT2D eigenvalue weighted by molar-refractivity contribution is 0.187. The topological polar surface area (TPSA) is 84.9 Å². The van der Waals surface area contributed by atoms with Gasteiger partial charge in [-0.05, 0) is 24.6 Å². The molecule has 0 unspecified atom stereocenters. The van der Waals surface area contributed by atoms with Gasteiger partial charge >= 0.3 is 0 Å². The minimum absolute atomic E-state index is 0.170. The molecule has 9 heteroatoms. The van der Waals surface area contributed by atoms with E-state index in [1.165, 1.54) is 18.3 Å². The third-order valence-electron chi connectivity index (χ3n) is 4.31.